The molecule has 0 saturated carbocycles. The molecule has 1 aromatic heterocycles. The standard InChI is InChI=1S/C23H21F3N4O2/c1-12-17(10-22(32)28-16-7-8-20-18(9-16)13(2)29-30-20)19(11-21(31)27-12)14-3-5-15(6-4-14)23(24,25)26/h3-9,19H,10-11H2,1-2H3,(H,27,31)(H,28,32)(H,29,30). The number of fused-ring (bicyclic) bond motifs is 1. The number of amides is 2. The van der Waals surface area contributed by atoms with Crippen molar-refractivity contribution >= 4 is 28.4 Å². The zero-order valence-corrected chi connectivity index (χ0v) is 17.4. The summed E-state index contributed by atoms with van der Waals surface area (Å²) in [5, 5.41) is 13.5. The molecular weight excluding hydrogens is 421 g/mol. The lowest BCUT2D eigenvalue weighted by Gasteiger charge is -2.28. The van der Waals surface area contributed by atoms with Crippen LogP contribution in [-0.2, 0) is 15.8 Å². The molecule has 2 aromatic carbocycles. The van der Waals surface area contributed by atoms with Gasteiger partial charge < -0.3 is 10.6 Å². The number of hydrogen-bond acceptors (Lipinski definition) is 3. The summed E-state index contributed by atoms with van der Waals surface area (Å²) < 4.78 is 38.7. The van der Waals surface area contributed by atoms with Crippen molar-refractivity contribution in [1.82, 2.24) is 15.5 Å². The Hall–Kier alpha value is -3.62. The summed E-state index contributed by atoms with van der Waals surface area (Å²) in [6.45, 7) is 3.58. The number of alkyl halides is 3. The van der Waals surface area contributed by atoms with E-state index < -0.39 is 17.7 Å². The first-order valence-electron chi connectivity index (χ1n) is 10.0. The van der Waals surface area contributed by atoms with Crippen molar-refractivity contribution in [3.63, 3.8) is 0 Å². The van der Waals surface area contributed by atoms with E-state index in [1.807, 2.05) is 13.0 Å². The van der Waals surface area contributed by atoms with Gasteiger partial charge in [0.05, 0.1) is 17.5 Å². The highest BCUT2D eigenvalue weighted by molar-refractivity contribution is 5.96. The van der Waals surface area contributed by atoms with Crippen LogP contribution in [0.3, 0.4) is 0 Å². The van der Waals surface area contributed by atoms with Crippen molar-refractivity contribution in [2.45, 2.75) is 38.8 Å². The Labute approximate surface area is 181 Å². The second-order valence-electron chi connectivity index (χ2n) is 7.88. The van der Waals surface area contributed by atoms with E-state index >= 15 is 0 Å². The zero-order chi connectivity index (χ0) is 23.0. The molecule has 2 amide bonds. The van der Waals surface area contributed by atoms with Crippen molar-refractivity contribution in [3.8, 4) is 0 Å². The fourth-order valence-corrected chi connectivity index (χ4v) is 3.98. The first-order chi connectivity index (χ1) is 15.1. The maximum Gasteiger partial charge on any atom is 0.416 e. The largest absolute Gasteiger partial charge is 0.416 e. The zero-order valence-electron chi connectivity index (χ0n) is 17.4. The Morgan fingerprint density at radius 1 is 1.16 bits per heavy atom. The highest BCUT2D eigenvalue weighted by Crippen LogP contribution is 2.37. The Kier molecular flexibility index (Phi) is 5.50. The SMILES string of the molecule is CC1=C(CC(=O)Nc2ccc3n[nH]c(C)c3c2)C(c2ccc(C(F)(F)F)cc2)CC(=O)N1. The molecule has 6 nitrogen and oxygen atoms in total. The van der Waals surface area contributed by atoms with E-state index in [0.29, 0.717) is 22.5 Å². The molecule has 3 aromatic rings. The number of aromatic amines is 1. The van der Waals surface area contributed by atoms with Gasteiger partial charge >= 0.3 is 6.18 Å². The lowest BCUT2D eigenvalue weighted by atomic mass is 9.82. The van der Waals surface area contributed by atoms with E-state index in [9.17, 15) is 22.8 Å². The molecule has 2 heterocycles. The smallest absolute Gasteiger partial charge is 0.330 e. The minimum absolute atomic E-state index is 0.000207. The van der Waals surface area contributed by atoms with Crippen LogP contribution in [0.5, 0.6) is 0 Å². The van der Waals surface area contributed by atoms with Crippen molar-refractivity contribution < 1.29 is 22.8 Å². The van der Waals surface area contributed by atoms with Crippen LogP contribution in [-0.4, -0.2) is 22.0 Å². The molecule has 166 valence electrons. The summed E-state index contributed by atoms with van der Waals surface area (Å²) in [5.74, 6) is -0.999. The third-order valence-corrected chi connectivity index (χ3v) is 5.64. The first kappa shape index (κ1) is 21.6. The maximum atomic E-state index is 12.9. The summed E-state index contributed by atoms with van der Waals surface area (Å²) in [6, 6.07) is 10.1. The van der Waals surface area contributed by atoms with Gasteiger partial charge in [0, 0.05) is 34.8 Å². The molecule has 1 atom stereocenters. The summed E-state index contributed by atoms with van der Waals surface area (Å²) >= 11 is 0. The van der Waals surface area contributed by atoms with Gasteiger partial charge in [0.25, 0.3) is 0 Å². The average Bonchev–Trinajstić information content (AvgIpc) is 3.09. The molecule has 0 radical (unpaired) electrons. The molecule has 0 bridgehead atoms. The first-order valence-corrected chi connectivity index (χ1v) is 10.0. The van der Waals surface area contributed by atoms with Crippen LogP contribution in [0, 0.1) is 6.92 Å². The van der Waals surface area contributed by atoms with E-state index in [0.717, 1.165) is 28.7 Å². The molecule has 1 unspecified atom stereocenters. The number of anilines is 1. The Bertz CT molecular complexity index is 1230. The van der Waals surface area contributed by atoms with Crippen LogP contribution < -0.4 is 10.6 Å². The van der Waals surface area contributed by atoms with Gasteiger partial charge in [-0.15, -0.1) is 0 Å². The van der Waals surface area contributed by atoms with E-state index in [1.165, 1.54) is 12.1 Å². The van der Waals surface area contributed by atoms with E-state index in [2.05, 4.69) is 20.8 Å². The number of aromatic nitrogens is 2. The van der Waals surface area contributed by atoms with Crippen LogP contribution in [0.15, 0.2) is 53.7 Å². The fourth-order valence-electron chi connectivity index (χ4n) is 3.98. The fraction of sp³-hybridized carbons (Fsp3) is 0.261. The second kappa shape index (κ2) is 8.14. The van der Waals surface area contributed by atoms with Crippen molar-refractivity contribution in [3.05, 3.63) is 70.6 Å². The molecule has 3 N–H and O–H groups in total. The van der Waals surface area contributed by atoms with Gasteiger partial charge in [0.2, 0.25) is 11.8 Å². The van der Waals surface area contributed by atoms with Crippen LogP contribution in [0.4, 0.5) is 18.9 Å². The number of hydrogen-bond donors (Lipinski definition) is 3. The highest BCUT2D eigenvalue weighted by atomic mass is 19.4. The van der Waals surface area contributed by atoms with Gasteiger partial charge in [-0.3, -0.25) is 14.7 Å². The molecule has 1 aliphatic rings. The van der Waals surface area contributed by atoms with Crippen LogP contribution in [0.1, 0.15) is 42.5 Å². The normalized spacial score (nSPS) is 16.9. The number of H-pyrrole nitrogens is 1. The molecule has 32 heavy (non-hydrogen) atoms. The maximum absolute atomic E-state index is 12.9. The number of carbonyl (C=O) groups excluding carboxylic acids is 2. The van der Waals surface area contributed by atoms with Crippen LogP contribution in [0.25, 0.3) is 10.9 Å². The highest BCUT2D eigenvalue weighted by Gasteiger charge is 2.32. The third-order valence-electron chi connectivity index (χ3n) is 5.64. The number of allylic oxidation sites excluding steroid dienone is 1. The van der Waals surface area contributed by atoms with Gasteiger partial charge in [0.15, 0.2) is 0 Å². The third kappa shape index (κ3) is 4.37. The van der Waals surface area contributed by atoms with Crippen molar-refractivity contribution in [1.29, 1.82) is 0 Å². The Morgan fingerprint density at radius 2 is 1.88 bits per heavy atom. The number of benzene rings is 2. The topological polar surface area (TPSA) is 86.9 Å². The molecule has 0 aliphatic carbocycles. The van der Waals surface area contributed by atoms with Crippen molar-refractivity contribution in [2.24, 2.45) is 0 Å². The molecule has 4 rings (SSSR count). The average molecular weight is 442 g/mol. The number of rotatable bonds is 4. The summed E-state index contributed by atoms with van der Waals surface area (Å²) in [5.41, 5.74) is 3.29. The van der Waals surface area contributed by atoms with Gasteiger partial charge in [-0.1, -0.05) is 12.1 Å². The monoisotopic (exact) mass is 442 g/mol. The van der Waals surface area contributed by atoms with E-state index in [-0.39, 0.29) is 24.7 Å². The van der Waals surface area contributed by atoms with E-state index in [4.69, 9.17) is 0 Å². The van der Waals surface area contributed by atoms with Crippen LogP contribution in [0.2, 0.25) is 0 Å². The van der Waals surface area contributed by atoms with Gasteiger partial charge in [-0.05, 0) is 55.3 Å². The predicted octanol–water partition coefficient (Wildman–Crippen LogP) is 4.80. The molecule has 0 fully saturated rings. The number of nitrogens with one attached hydrogen (secondary N) is 3. The molecule has 0 saturated heterocycles. The molecular formula is C23H21F3N4O2. The number of nitrogens with zero attached hydrogens (tertiary/aromatic N) is 1. The summed E-state index contributed by atoms with van der Waals surface area (Å²) in [7, 11) is 0. The quantitative estimate of drug-likeness (QED) is 0.543. The van der Waals surface area contributed by atoms with Crippen molar-refractivity contribution in [2.75, 3.05) is 5.32 Å². The summed E-state index contributed by atoms with van der Waals surface area (Å²) in [4.78, 5) is 24.9. The lowest BCUT2D eigenvalue weighted by Crippen LogP contribution is -2.32. The van der Waals surface area contributed by atoms with Gasteiger partial charge in [-0.25, -0.2) is 0 Å². The second-order valence-corrected chi connectivity index (χ2v) is 7.88. The minimum atomic E-state index is -4.44. The summed E-state index contributed by atoms with van der Waals surface area (Å²) in [6.07, 6.45) is -4.38. The van der Waals surface area contributed by atoms with Crippen LogP contribution >= 0.6 is 0 Å². The molecule has 0 spiro atoms. The van der Waals surface area contributed by atoms with Gasteiger partial charge in [0.1, 0.15) is 0 Å². The predicted molar refractivity (Wildman–Crippen MR) is 114 cm³/mol. The number of aryl methyl sites for hydroxylation is 1. The minimum Gasteiger partial charge on any atom is -0.330 e. The lowest BCUT2D eigenvalue weighted by molar-refractivity contribution is -0.137. The molecule has 1 aliphatic heterocycles. The van der Waals surface area contributed by atoms with Gasteiger partial charge in [-0.2, -0.15) is 18.3 Å². The Morgan fingerprint density at radius 3 is 2.56 bits per heavy atom. The number of carbonyl (C=O) groups is 2. The molecule has 9 heteroatoms. The van der Waals surface area contributed by atoms with E-state index in [1.54, 1.807) is 19.1 Å². The number of halogens is 3. The Balaban J connectivity index is 1.56.